The molecular weight excluding hydrogens is 406 g/mol. The molecule has 0 saturated heterocycles. The topological polar surface area (TPSA) is 62.7 Å². The molecule has 1 amide bonds. The first-order valence-electron chi connectivity index (χ1n) is 7.25. The predicted octanol–water partition coefficient (Wildman–Crippen LogP) is 3.68. The Balaban J connectivity index is 1.89. The summed E-state index contributed by atoms with van der Waals surface area (Å²) in [6, 6.07) is 12.5. The fraction of sp³-hybridized carbons (Fsp3) is 0.111. The lowest BCUT2D eigenvalue weighted by molar-refractivity contribution is -0.119. The Morgan fingerprint density at radius 1 is 1.32 bits per heavy atom. The summed E-state index contributed by atoms with van der Waals surface area (Å²) in [5.74, 6) is 2.70. The van der Waals surface area contributed by atoms with Gasteiger partial charge in [0.25, 0.3) is 5.91 Å². The molecule has 0 bridgehead atoms. The van der Waals surface area contributed by atoms with Crippen LogP contribution < -0.4 is 15.5 Å². The van der Waals surface area contributed by atoms with Gasteiger partial charge in [0.2, 0.25) is 0 Å². The normalized spacial score (nSPS) is 10.3. The Morgan fingerprint density at radius 3 is 2.80 bits per heavy atom. The van der Waals surface area contributed by atoms with Crippen LogP contribution in [0.25, 0.3) is 0 Å². The molecule has 2 N–H and O–H groups in total. The molecular formula is C18H15BrClN3O2. The van der Waals surface area contributed by atoms with Crippen molar-refractivity contribution in [1.29, 1.82) is 0 Å². The molecule has 0 aliphatic carbocycles. The van der Waals surface area contributed by atoms with Crippen molar-refractivity contribution in [2.75, 3.05) is 18.5 Å². The molecule has 0 fully saturated rings. The highest BCUT2D eigenvalue weighted by atomic mass is 79.9. The lowest BCUT2D eigenvalue weighted by atomic mass is 10.2. The molecule has 5 nitrogen and oxygen atoms in total. The lowest BCUT2D eigenvalue weighted by Gasteiger charge is -2.07. The smallest absolute Gasteiger partial charge is 0.259 e. The number of hydrazone groups is 1. The lowest BCUT2D eigenvalue weighted by Crippen LogP contribution is -2.25. The summed E-state index contributed by atoms with van der Waals surface area (Å²) in [7, 11) is 0. The van der Waals surface area contributed by atoms with Crippen molar-refractivity contribution >= 4 is 45.3 Å². The number of carbonyl (C=O) groups excluding carboxylic acids is 1. The summed E-state index contributed by atoms with van der Waals surface area (Å²) in [4.78, 5) is 11.8. The van der Waals surface area contributed by atoms with Crippen LogP contribution in [0.2, 0.25) is 5.02 Å². The number of terminal acetylenes is 1. The van der Waals surface area contributed by atoms with Gasteiger partial charge in [-0.15, -0.1) is 6.42 Å². The van der Waals surface area contributed by atoms with Gasteiger partial charge in [-0.05, 0) is 42.5 Å². The molecule has 0 radical (unpaired) electrons. The van der Waals surface area contributed by atoms with E-state index in [1.165, 1.54) is 6.21 Å². The van der Waals surface area contributed by atoms with Crippen molar-refractivity contribution in [2.24, 2.45) is 5.10 Å². The number of carbonyl (C=O) groups is 1. The van der Waals surface area contributed by atoms with Crippen LogP contribution >= 0.6 is 27.5 Å². The first kappa shape index (κ1) is 18.8. The highest BCUT2D eigenvalue weighted by Gasteiger charge is 2.03. The SMILES string of the molecule is C#CCOc1ccc(Br)cc1/C=N\NC(=O)CNc1ccc(Cl)cc1. The molecule has 7 heteroatoms. The van der Waals surface area contributed by atoms with Gasteiger partial charge in [-0.25, -0.2) is 5.43 Å². The van der Waals surface area contributed by atoms with E-state index in [9.17, 15) is 4.79 Å². The zero-order valence-electron chi connectivity index (χ0n) is 13.1. The number of nitrogens with zero attached hydrogens (tertiary/aromatic N) is 1. The van der Waals surface area contributed by atoms with E-state index >= 15 is 0 Å². The Hall–Kier alpha value is -2.49. The molecule has 0 unspecified atom stereocenters. The monoisotopic (exact) mass is 419 g/mol. The average Bonchev–Trinajstić information content (AvgIpc) is 2.60. The molecule has 0 saturated carbocycles. The number of benzene rings is 2. The third-order valence-electron chi connectivity index (χ3n) is 2.97. The molecule has 0 aliphatic heterocycles. The Morgan fingerprint density at radius 2 is 2.08 bits per heavy atom. The second-order valence-electron chi connectivity index (χ2n) is 4.83. The Kier molecular flexibility index (Phi) is 7.33. The first-order valence-corrected chi connectivity index (χ1v) is 8.43. The molecule has 0 aliphatic rings. The molecule has 2 aromatic carbocycles. The molecule has 0 atom stereocenters. The van der Waals surface area contributed by atoms with Crippen LogP contribution in [0.4, 0.5) is 5.69 Å². The van der Waals surface area contributed by atoms with Crippen LogP contribution in [-0.4, -0.2) is 25.3 Å². The maximum Gasteiger partial charge on any atom is 0.259 e. The Bertz CT molecular complexity index is 801. The van der Waals surface area contributed by atoms with Gasteiger partial charge in [-0.1, -0.05) is 33.5 Å². The summed E-state index contributed by atoms with van der Waals surface area (Å²) in [5.41, 5.74) is 3.93. The van der Waals surface area contributed by atoms with Crippen molar-refractivity contribution in [3.63, 3.8) is 0 Å². The van der Waals surface area contributed by atoms with Gasteiger partial charge in [-0.2, -0.15) is 5.10 Å². The third-order valence-corrected chi connectivity index (χ3v) is 3.72. The molecule has 0 heterocycles. The van der Waals surface area contributed by atoms with E-state index in [1.807, 2.05) is 12.1 Å². The van der Waals surface area contributed by atoms with Crippen molar-refractivity contribution in [1.82, 2.24) is 5.43 Å². The molecule has 25 heavy (non-hydrogen) atoms. The quantitative estimate of drug-likeness (QED) is 0.408. The second kappa shape index (κ2) is 9.72. The standard InChI is InChI=1S/C18H15BrClN3O2/c1-2-9-25-17-8-3-14(19)10-13(17)11-22-23-18(24)12-21-16-6-4-15(20)5-7-16/h1,3-8,10-11,21H,9,12H2,(H,23,24)/b22-11-. The molecule has 0 aromatic heterocycles. The maximum atomic E-state index is 11.8. The molecule has 2 aromatic rings. The van der Waals surface area contributed by atoms with E-state index in [0.717, 1.165) is 10.2 Å². The van der Waals surface area contributed by atoms with Crippen molar-refractivity contribution < 1.29 is 9.53 Å². The Labute approximate surface area is 159 Å². The van der Waals surface area contributed by atoms with Crippen LogP contribution in [0.1, 0.15) is 5.56 Å². The van der Waals surface area contributed by atoms with Gasteiger partial charge in [0.1, 0.15) is 12.4 Å². The van der Waals surface area contributed by atoms with Gasteiger partial charge in [0.15, 0.2) is 0 Å². The first-order chi connectivity index (χ1) is 12.1. The van der Waals surface area contributed by atoms with Crippen LogP contribution in [0.15, 0.2) is 52.0 Å². The van der Waals surface area contributed by atoms with Crippen molar-refractivity contribution in [2.45, 2.75) is 0 Å². The number of nitrogens with one attached hydrogen (secondary N) is 2. The number of anilines is 1. The van der Waals surface area contributed by atoms with E-state index < -0.39 is 0 Å². The summed E-state index contributed by atoms with van der Waals surface area (Å²) < 4.78 is 6.29. The van der Waals surface area contributed by atoms with E-state index in [-0.39, 0.29) is 19.1 Å². The van der Waals surface area contributed by atoms with Crippen molar-refractivity contribution in [3.8, 4) is 18.1 Å². The van der Waals surface area contributed by atoms with Crippen LogP contribution in [0.5, 0.6) is 5.75 Å². The zero-order chi connectivity index (χ0) is 18.1. The van der Waals surface area contributed by atoms with Crippen LogP contribution in [-0.2, 0) is 4.79 Å². The number of hydrogen-bond donors (Lipinski definition) is 2. The third kappa shape index (κ3) is 6.49. The summed E-state index contributed by atoms with van der Waals surface area (Å²) in [6.45, 7) is 0.234. The fourth-order valence-electron chi connectivity index (χ4n) is 1.83. The number of rotatable bonds is 7. The zero-order valence-corrected chi connectivity index (χ0v) is 15.5. The highest BCUT2D eigenvalue weighted by Crippen LogP contribution is 2.21. The minimum absolute atomic E-state index is 0.0813. The number of ether oxygens (including phenoxy) is 1. The van der Waals surface area contributed by atoms with E-state index in [1.54, 1.807) is 30.3 Å². The largest absolute Gasteiger partial charge is 0.480 e. The van der Waals surface area contributed by atoms with Gasteiger partial charge in [0, 0.05) is 20.7 Å². The molecule has 128 valence electrons. The van der Waals surface area contributed by atoms with Crippen molar-refractivity contribution in [3.05, 3.63) is 57.5 Å². The van der Waals surface area contributed by atoms with Gasteiger partial charge >= 0.3 is 0 Å². The summed E-state index contributed by atoms with van der Waals surface area (Å²) in [5, 5.41) is 7.55. The fourth-order valence-corrected chi connectivity index (χ4v) is 2.34. The van der Waals surface area contributed by atoms with Gasteiger partial charge in [-0.3, -0.25) is 4.79 Å². The van der Waals surface area contributed by atoms with Gasteiger partial charge < -0.3 is 10.1 Å². The van der Waals surface area contributed by atoms with E-state index in [2.05, 4.69) is 37.7 Å². The minimum atomic E-state index is -0.285. The number of amides is 1. The summed E-state index contributed by atoms with van der Waals surface area (Å²) >= 11 is 9.18. The second-order valence-corrected chi connectivity index (χ2v) is 6.18. The van der Waals surface area contributed by atoms with Crippen LogP contribution in [0, 0.1) is 12.3 Å². The predicted molar refractivity (Wildman–Crippen MR) is 104 cm³/mol. The minimum Gasteiger partial charge on any atom is -0.480 e. The van der Waals surface area contributed by atoms with Crippen LogP contribution in [0.3, 0.4) is 0 Å². The van der Waals surface area contributed by atoms with E-state index in [0.29, 0.717) is 16.3 Å². The highest BCUT2D eigenvalue weighted by molar-refractivity contribution is 9.10. The number of hydrogen-bond acceptors (Lipinski definition) is 4. The molecule has 0 spiro atoms. The van der Waals surface area contributed by atoms with E-state index in [4.69, 9.17) is 22.8 Å². The number of halogens is 2. The summed E-state index contributed by atoms with van der Waals surface area (Å²) in [6.07, 6.45) is 6.69. The maximum absolute atomic E-state index is 11.8. The average molecular weight is 421 g/mol. The van der Waals surface area contributed by atoms with Gasteiger partial charge in [0.05, 0.1) is 12.8 Å². The molecule has 2 rings (SSSR count).